The molecule has 3 rings (SSSR count). The van der Waals surface area contributed by atoms with Gasteiger partial charge in [-0.2, -0.15) is 4.37 Å². The summed E-state index contributed by atoms with van der Waals surface area (Å²) in [5.74, 6) is -1.39. The minimum absolute atomic E-state index is 0.459. The molecular formula is C16H12BrNO2S. The first-order valence-corrected chi connectivity index (χ1v) is 8.03. The van der Waals surface area contributed by atoms with E-state index in [0.29, 0.717) is 6.42 Å². The van der Waals surface area contributed by atoms with Gasteiger partial charge in [0.1, 0.15) is 0 Å². The highest BCUT2D eigenvalue weighted by Gasteiger charge is 2.24. The molecule has 1 aromatic heterocycles. The molecule has 0 spiro atoms. The van der Waals surface area contributed by atoms with Crippen molar-refractivity contribution in [3.8, 4) is 0 Å². The lowest BCUT2D eigenvalue weighted by molar-refractivity contribution is -0.138. The van der Waals surface area contributed by atoms with Crippen molar-refractivity contribution in [3.63, 3.8) is 0 Å². The molecule has 0 aliphatic heterocycles. The summed E-state index contributed by atoms with van der Waals surface area (Å²) in [5.41, 5.74) is 1.85. The van der Waals surface area contributed by atoms with Crippen LogP contribution in [0.1, 0.15) is 16.4 Å². The number of rotatable bonds is 4. The Hall–Kier alpha value is -1.72. The quantitative estimate of drug-likeness (QED) is 0.745. The topological polar surface area (TPSA) is 50.2 Å². The highest BCUT2D eigenvalue weighted by Crippen LogP contribution is 2.32. The van der Waals surface area contributed by atoms with Crippen molar-refractivity contribution in [3.05, 3.63) is 63.4 Å². The Kier molecular flexibility index (Phi) is 4.03. The van der Waals surface area contributed by atoms with Crippen molar-refractivity contribution in [1.29, 1.82) is 0 Å². The Labute approximate surface area is 134 Å². The number of carboxylic acid groups (broad SMARTS) is 1. The van der Waals surface area contributed by atoms with Crippen LogP contribution in [0.5, 0.6) is 0 Å². The highest BCUT2D eigenvalue weighted by atomic mass is 79.9. The lowest BCUT2D eigenvalue weighted by Crippen LogP contribution is -2.13. The minimum Gasteiger partial charge on any atom is -0.481 e. The second-order valence-electron chi connectivity index (χ2n) is 4.79. The van der Waals surface area contributed by atoms with Gasteiger partial charge in [0.05, 0.1) is 11.4 Å². The monoisotopic (exact) mass is 361 g/mol. The lowest BCUT2D eigenvalue weighted by atomic mass is 9.96. The SMILES string of the molecule is O=C(O)C(Cc1cccc(Br)c1)c1snc2ccccc12. The molecule has 0 saturated carbocycles. The maximum Gasteiger partial charge on any atom is 0.312 e. The third-order valence-corrected chi connectivity index (χ3v) is 4.84. The fourth-order valence-electron chi connectivity index (χ4n) is 2.35. The van der Waals surface area contributed by atoms with Crippen LogP contribution in [-0.4, -0.2) is 15.4 Å². The van der Waals surface area contributed by atoms with Crippen LogP contribution in [0.2, 0.25) is 0 Å². The fourth-order valence-corrected chi connectivity index (χ4v) is 3.74. The molecule has 0 aliphatic carbocycles. The molecule has 0 amide bonds. The largest absolute Gasteiger partial charge is 0.481 e. The molecule has 3 nitrogen and oxygen atoms in total. The van der Waals surface area contributed by atoms with Gasteiger partial charge in [-0.05, 0) is 41.7 Å². The third kappa shape index (κ3) is 2.99. The number of aromatic nitrogens is 1. The number of carboxylic acids is 1. The molecule has 2 aromatic carbocycles. The summed E-state index contributed by atoms with van der Waals surface area (Å²) >= 11 is 4.70. The molecule has 3 aromatic rings. The Balaban J connectivity index is 2.00. The van der Waals surface area contributed by atoms with E-state index in [1.165, 1.54) is 11.5 Å². The van der Waals surface area contributed by atoms with E-state index >= 15 is 0 Å². The molecule has 106 valence electrons. The van der Waals surface area contributed by atoms with Crippen molar-refractivity contribution < 1.29 is 9.90 Å². The molecule has 1 unspecified atom stereocenters. The predicted octanol–water partition coefficient (Wildman–Crippen LogP) is 4.47. The number of benzene rings is 2. The number of hydrogen-bond donors (Lipinski definition) is 1. The predicted molar refractivity (Wildman–Crippen MR) is 87.8 cm³/mol. The molecule has 0 aliphatic rings. The maximum atomic E-state index is 11.7. The summed E-state index contributed by atoms with van der Waals surface area (Å²) < 4.78 is 5.31. The summed E-state index contributed by atoms with van der Waals surface area (Å²) in [4.78, 5) is 12.5. The second-order valence-corrected chi connectivity index (χ2v) is 6.51. The summed E-state index contributed by atoms with van der Waals surface area (Å²) in [7, 11) is 0. The normalized spacial score (nSPS) is 12.4. The molecule has 1 atom stereocenters. The third-order valence-electron chi connectivity index (χ3n) is 3.36. The number of fused-ring (bicyclic) bond motifs is 1. The van der Waals surface area contributed by atoms with Gasteiger partial charge in [0.15, 0.2) is 0 Å². The zero-order valence-electron chi connectivity index (χ0n) is 11.0. The van der Waals surface area contributed by atoms with Crippen LogP contribution in [0, 0.1) is 0 Å². The van der Waals surface area contributed by atoms with Crippen LogP contribution in [0.15, 0.2) is 53.0 Å². The summed E-state index contributed by atoms with van der Waals surface area (Å²) in [6.45, 7) is 0. The van der Waals surface area contributed by atoms with Crippen molar-refractivity contribution >= 4 is 44.3 Å². The number of hydrogen-bond acceptors (Lipinski definition) is 3. The summed E-state index contributed by atoms with van der Waals surface area (Å²) in [6.07, 6.45) is 0.459. The Morgan fingerprint density at radius 1 is 1.24 bits per heavy atom. The van der Waals surface area contributed by atoms with E-state index in [0.717, 1.165) is 25.8 Å². The average Bonchev–Trinajstić information content (AvgIpc) is 2.88. The Morgan fingerprint density at radius 3 is 2.81 bits per heavy atom. The zero-order chi connectivity index (χ0) is 14.8. The van der Waals surface area contributed by atoms with Gasteiger partial charge in [-0.3, -0.25) is 4.79 Å². The Morgan fingerprint density at radius 2 is 2.05 bits per heavy atom. The minimum atomic E-state index is -0.815. The van der Waals surface area contributed by atoms with Gasteiger partial charge in [0.2, 0.25) is 0 Å². The molecule has 1 heterocycles. The highest BCUT2D eigenvalue weighted by molar-refractivity contribution is 9.10. The van der Waals surface area contributed by atoms with Crippen LogP contribution in [-0.2, 0) is 11.2 Å². The molecule has 5 heteroatoms. The van der Waals surface area contributed by atoms with Crippen molar-refractivity contribution in [1.82, 2.24) is 4.37 Å². The maximum absolute atomic E-state index is 11.7. The molecule has 0 saturated heterocycles. The first-order valence-electron chi connectivity index (χ1n) is 6.46. The van der Waals surface area contributed by atoms with E-state index in [-0.39, 0.29) is 0 Å². The zero-order valence-corrected chi connectivity index (χ0v) is 13.4. The number of aliphatic carboxylic acids is 1. The summed E-state index contributed by atoms with van der Waals surface area (Å²) in [5, 5.41) is 10.5. The number of carbonyl (C=O) groups is 1. The van der Waals surface area contributed by atoms with Crippen LogP contribution < -0.4 is 0 Å². The van der Waals surface area contributed by atoms with Crippen molar-refractivity contribution in [2.45, 2.75) is 12.3 Å². The molecule has 0 radical (unpaired) electrons. The van der Waals surface area contributed by atoms with Crippen LogP contribution in [0.3, 0.4) is 0 Å². The second kappa shape index (κ2) is 5.95. The van der Waals surface area contributed by atoms with Gasteiger partial charge in [0.25, 0.3) is 0 Å². The molecule has 1 N–H and O–H groups in total. The van der Waals surface area contributed by atoms with E-state index in [2.05, 4.69) is 20.3 Å². The number of halogens is 1. The first-order chi connectivity index (χ1) is 10.1. The van der Waals surface area contributed by atoms with Crippen LogP contribution >= 0.6 is 27.5 Å². The summed E-state index contributed by atoms with van der Waals surface area (Å²) in [6, 6.07) is 15.4. The van der Waals surface area contributed by atoms with E-state index in [1.807, 2.05) is 48.5 Å². The smallest absolute Gasteiger partial charge is 0.312 e. The van der Waals surface area contributed by atoms with E-state index in [4.69, 9.17) is 0 Å². The lowest BCUT2D eigenvalue weighted by Gasteiger charge is -2.11. The van der Waals surface area contributed by atoms with Crippen LogP contribution in [0.25, 0.3) is 10.9 Å². The van der Waals surface area contributed by atoms with E-state index < -0.39 is 11.9 Å². The van der Waals surface area contributed by atoms with Gasteiger partial charge < -0.3 is 5.11 Å². The first kappa shape index (κ1) is 14.2. The molecular weight excluding hydrogens is 350 g/mol. The average molecular weight is 362 g/mol. The molecule has 21 heavy (non-hydrogen) atoms. The van der Waals surface area contributed by atoms with E-state index in [1.54, 1.807) is 0 Å². The molecule has 0 bridgehead atoms. The Bertz CT molecular complexity index is 800. The molecule has 0 fully saturated rings. The standard InChI is InChI=1S/C16H12BrNO2S/c17-11-5-3-4-10(8-11)9-13(16(19)20)15-12-6-1-2-7-14(12)18-21-15/h1-8,13H,9H2,(H,19,20). The van der Waals surface area contributed by atoms with Crippen molar-refractivity contribution in [2.75, 3.05) is 0 Å². The van der Waals surface area contributed by atoms with Gasteiger partial charge in [-0.1, -0.05) is 46.3 Å². The van der Waals surface area contributed by atoms with E-state index in [9.17, 15) is 9.90 Å². The number of nitrogens with zero attached hydrogens (tertiary/aromatic N) is 1. The van der Waals surface area contributed by atoms with Gasteiger partial charge >= 0.3 is 5.97 Å². The van der Waals surface area contributed by atoms with Crippen molar-refractivity contribution in [2.24, 2.45) is 0 Å². The van der Waals surface area contributed by atoms with Crippen LogP contribution in [0.4, 0.5) is 0 Å². The fraction of sp³-hybridized carbons (Fsp3) is 0.125. The van der Waals surface area contributed by atoms with Gasteiger partial charge in [-0.15, -0.1) is 0 Å². The van der Waals surface area contributed by atoms with Gasteiger partial charge in [0, 0.05) is 14.7 Å². The van der Waals surface area contributed by atoms with Gasteiger partial charge in [-0.25, -0.2) is 0 Å².